The number of nitrogens with one attached hydrogen (secondary N) is 1. The number of benzene rings is 2. The van der Waals surface area contributed by atoms with Crippen LogP contribution in [0, 0.1) is 25.2 Å². The summed E-state index contributed by atoms with van der Waals surface area (Å²) in [6, 6.07) is 16.7. The zero-order valence-corrected chi connectivity index (χ0v) is 13.3. The van der Waals surface area contributed by atoms with E-state index in [0.717, 1.165) is 10.9 Å². The van der Waals surface area contributed by atoms with Crippen molar-refractivity contribution in [1.82, 2.24) is 0 Å². The van der Waals surface area contributed by atoms with E-state index in [9.17, 15) is 10.1 Å². The second kappa shape index (κ2) is 6.39. The minimum atomic E-state index is -0.536. The molecule has 3 aromatic rings. The van der Waals surface area contributed by atoms with Gasteiger partial charge in [-0.25, -0.2) is 0 Å². The van der Waals surface area contributed by atoms with E-state index in [1.54, 1.807) is 13.0 Å². The van der Waals surface area contributed by atoms with Crippen LogP contribution < -0.4 is 5.43 Å². The van der Waals surface area contributed by atoms with E-state index in [1.165, 1.54) is 0 Å². The van der Waals surface area contributed by atoms with E-state index in [2.05, 4.69) is 10.5 Å². The Labute approximate surface area is 139 Å². The lowest BCUT2D eigenvalue weighted by Gasteiger charge is -2.01. The Bertz CT molecular complexity index is 976. The van der Waals surface area contributed by atoms with Gasteiger partial charge in [-0.2, -0.15) is 10.4 Å². The zero-order valence-electron chi connectivity index (χ0n) is 13.3. The Hall–Kier alpha value is -3.39. The van der Waals surface area contributed by atoms with Crippen LogP contribution >= 0.6 is 0 Å². The fourth-order valence-electron chi connectivity index (χ4n) is 2.37. The summed E-state index contributed by atoms with van der Waals surface area (Å²) in [6.45, 7) is 3.77. The Kier molecular flexibility index (Phi) is 4.13. The standard InChI is InChI=1S/C19H15N3O2/c1-12-7-9-14(10-8-12)21-22-16(11-20)18(23)19-13(2)15-5-3-4-6-17(15)24-19/h3-10,21H,1-2H3/b22-16+. The van der Waals surface area contributed by atoms with E-state index in [-0.39, 0.29) is 11.5 Å². The number of Topliss-reactive ketones (excluding diaryl/α,β-unsaturated/α-hetero) is 1. The number of para-hydroxylation sites is 1. The highest BCUT2D eigenvalue weighted by Crippen LogP contribution is 2.25. The van der Waals surface area contributed by atoms with Crippen LogP contribution in [-0.4, -0.2) is 11.5 Å². The number of aryl methyl sites for hydroxylation is 2. The quantitative estimate of drug-likeness (QED) is 0.444. The number of furan rings is 1. The molecule has 0 fully saturated rings. The zero-order chi connectivity index (χ0) is 17.1. The molecule has 1 heterocycles. The molecule has 0 spiro atoms. The molecule has 0 saturated heterocycles. The molecule has 0 saturated carbocycles. The number of hydrogen-bond acceptors (Lipinski definition) is 5. The number of anilines is 1. The first kappa shape index (κ1) is 15.5. The van der Waals surface area contributed by atoms with Gasteiger partial charge in [-0.1, -0.05) is 35.9 Å². The first-order valence-corrected chi connectivity index (χ1v) is 7.43. The Morgan fingerprint density at radius 2 is 1.83 bits per heavy atom. The van der Waals surface area contributed by atoms with Crippen molar-refractivity contribution >= 4 is 28.2 Å². The van der Waals surface area contributed by atoms with Crippen molar-refractivity contribution in [3.05, 3.63) is 65.4 Å². The van der Waals surface area contributed by atoms with Crippen molar-refractivity contribution in [3.8, 4) is 6.07 Å². The van der Waals surface area contributed by atoms with Crippen LogP contribution in [0.2, 0.25) is 0 Å². The average molecular weight is 317 g/mol. The molecule has 0 radical (unpaired) electrons. The van der Waals surface area contributed by atoms with Gasteiger partial charge in [0.2, 0.25) is 5.71 Å². The predicted octanol–water partition coefficient (Wildman–Crippen LogP) is 4.22. The molecular formula is C19H15N3O2. The number of nitriles is 1. The van der Waals surface area contributed by atoms with Crippen molar-refractivity contribution in [2.45, 2.75) is 13.8 Å². The highest BCUT2D eigenvalue weighted by atomic mass is 16.3. The molecule has 0 aliphatic carbocycles. The minimum Gasteiger partial charge on any atom is -0.452 e. The molecule has 0 aliphatic heterocycles. The average Bonchev–Trinajstić information content (AvgIpc) is 2.94. The van der Waals surface area contributed by atoms with Crippen molar-refractivity contribution in [1.29, 1.82) is 5.26 Å². The maximum atomic E-state index is 12.6. The van der Waals surface area contributed by atoms with Crippen molar-refractivity contribution in [2.24, 2.45) is 5.10 Å². The summed E-state index contributed by atoms with van der Waals surface area (Å²) >= 11 is 0. The Morgan fingerprint density at radius 1 is 1.12 bits per heavy atom. The van der Waals surface area contributed by atoms with Gasteiger partial charge in [0, 0.05) is 10.9 Å². The molecule has 1 N–H and O–H groups in total. The lowest BCUT2D eigenvalue weighted by Crippen LogP contribution is -2.14. The number of hydrogen-bond donors (Lipinski definition) is 1. The summed E-state index contributed by atoms with van der Waals surface area (Å²) in [5.41, 5.74) is 5.60. The van der Waals surface area contributed by atoms with Crippen LogP contribution in [0.4, 0.5) is 5.69 Å². The van der Waals surface area contributed by atoms with Gasteiger partial charge >= 0.3 is 0 Å². The number of ketones is 1. The van der Waals surface area contributed by atoms with E-state index >= 15 is 0 Å². The fraction of sp³-hybridized carbons (Fsp3) is 0.105. The highest BCUT2D eigenvalue weighted by Gasteiger charge is 2.22. The molecule has 24 heavy (non-hydrogen) atoms. The third-order valence-corrected chi connectivity index (χ3v) is 3.72. The van der Waals surface area contributed by atoms with Crippen LogP contribution in [-0.2, 0) is 0 Å². The number of rotatable bonds is 4. The second-order valence-corrected chi connectivity index (χ2v) is 5.43. The molecule has 2 aromatic carbocycles. The molecular weight excluding hydrogens is 302 g/mol. The lowest BCUT2D eigenvalue weighted by atomic mass is 10.1. The van der Waals surface area contributed by atoms with E-state index in [1.807, 2.05) is 55.5 Å². The second-order valence-electron chi connectivity index (χ2n) is 5.43. The van der Waals surface area contributed by atoms with Crippen molar-refractivity contribution in [2.75, 3.05) is 5.43 Å². The molecule has 0 aliphatic rings. The maximum Gasteiger partial charge on any atom is 0.259 e. The molecule has 0 amide bonds. The largest absolute Gasteiger partial charge is 0.452 e. The van der Waals surface area contributed by atoms with E-state index in [4.69, 9.17) is 4.42 Å². The van der Waals surface area contributed by atoms with Crippen LogP contribution in [0.5, 0.6) is 0 Å². The monoisotopic (exact) mass is 317 g/mol. The molecule has 0 bridgehead atoms. The van der Waals surface area contributed by atoms with Gasteiger partial charge in [-0.05, 0) is 32.0 Å². The number of hydrazone groups is 1. The summed E-state index contributed by atoms with van der Waals surface area (Å²) in [7, 11) is 0. The Balaban J connectivity index is 1.90. The van der Waals surface area contributed by atoms with Gasteiger partial charge in [-0.15, -0.1) is 0 Å². The molecule has 118 valence electrons. The van der Waals surface area contributed by atoms with Gasteiger partial charge in [0.05, 0.1) is 5.69 Å². The number of nitrogens with zero attached hydrogens (tertiary/aromatic N) is 2. The van der Waals surface area contributed by atoms with E-state index in [0.29, 0.717) is 16.8 Å². The number of fused-ring (bicyclic) bond motifs is 1. The Morgan fingerprint density at radius 3 is 2.50 bits per heavy atom. The molecule has 5 heteroatoms. The van der Waals surface area contributed by atoms with E-state index < -0.39 is 5.78 Å². The smallest absolute Gasteiger partial charge is 0.259 e. The minimum absolute atomic E-state index is 0.141. The van der Waals surface area contributed by atoms with Gasteiger partial charge < -0.3 is 4.42 Å². The van der Waals surface area contributed by atoms with Crippen molar-refractivity contribution in [3.63, 3.8) is 0 Å². The highest BCUT2D eigenvalue weighted by molar-refractivity contribution is 6.51. The topological polar surface area (TPSA) is 78.4 Å². The molecule has 1 aromatic heterocycles. The third kappa shape index (κ3) is 2.90. The molecule has 5 nitrogen and oxygen atoms in total. The van der Waals surface area contributed by atoms with Gasteiger partial charge in [-0.3, -0.25) is 10.2 Å². The summed E-state index contributed by atoms with van der Waals surface area (Å²) in [5.74, 6) is -0.395. The van der Waals surface area contributed by atoms with Crippen LogP contribution in [0.1, 0.15) is 21.7 Å². The summed E-state index contributed by atoms with van der Waals surface area (Å²) < 4.78 is 5.60. The van der Waals surface area contributed by atoms with Gasteiger partial charge in [0.15, 0.2) is 5.76 Å². The van der Waals surface area contributed by atoms with Crippen LogP contribution in [0.3, 0.4) is 0 Å². The summed E-state index contributed by atoms with van der Waals surface area (Å²) in [6.07, 6.45) is 0. The van der Waals surface area contributed by atoms with Gasteiger partial charge in [0.25, 0.3) is 5.78 Å². The lowest BCUT2D eigenvalue weighted by molar-refractivity contribution is 0.104. The maximum absolute atomic E-state index is 12.6. The first-order chi connectivity index (χ1) is 11.6. The molecule has 0 atom stereocenters. The predicted molar refractivity (Wildman–Crippen MR) is 93.1 cm³/mol. The normalized spacial score (nSPS) is 11.3. The first-order valence-electron chi connectivity index (χ1n) is 7.43. The van der Waals surface area contributed by atoms with Crippen LogP contribution in [0.15, 0.2) is 58.0 Å². The van der Waals surface area contributed by atoms with Crippen LogP contribution in [0.25, 0.3) is 11.0 Å². The van der Waals surface area contributed by atoms with Crippen molar-refractivity contribution < 1.29 is 9.21 Å². The fourth-order valence-corrected chi connectivity index (χ4v) is 2.37. The third-order valence-electron chi connectivity index (χ3n) is 3.72. The number of carbonyl (C=O) groups is 1. The molecule has 3 rings (SSSR count). The molecule has 0 unspecified atom stereocenters. The van der Waals surface area contributed by atoms with Gasteiger partial charge in [0.1, 0.15) is 11.7 Å². The number of carbonyl (C=O) groups excluding carboxylic acids is 1. The SMILES string of the molecule is Cc1ccc(N/N=C(\C#N)C(=O)c2oc3ccccc3c2C)cc1. The summed E-state index contributed by atoms with van der Waals surface area (Å²) in [4.78, 5) is 12.6. The summed E-state index contributed by atoms with van der Waals surface area (Å²) in [5, 5.41) is 14.0.